The summed E-state index contributed by atoms with van der Waals surface area (Å²) in [4.78, 5) is 27.5. The summed E-state index contributed by atoms with van der Waals surface area (Å²) >= 11 is 0. The Morgan fingerprint density at radius 2 is 1.84 bits per heavy atom. The summed E-state index contributed by atoms with van der Waals surface area (Å²) in [7, 11) is 2.34. The lowest BCUT2D eigenvalue weighted by atomic mass is 9.87. The van der Waals surface area contributed by atoms with Crippen LogP contribution in [0.3, 0.4) is 0 Å². The first-order valence-corrected chi connectivity index (χ1v) is 5.20. The van der Waals surface area contributed by atoms with Gasteiger partial charge in [0.05, 0.1) is 6.61 Å². The van der Waals surface area contributed by atoms with Crippen LogP contribution in [0.25, 0.3) is 0 Å². The molecule has 1 aliphatic heterocycles. The smallest absolute Gasteiger partial charge is 0.334 e. The lowest BCUT2D eigenvalue weighted by molar-refractivity contribution is -0.275. The number of isocyanates is 2. The van der Waals surface area contributed by atoms with Crippen LogP contribution >= 0.6 is 0 Å². The monoisotopic (exact) mass is 274 g/mol. The maximum Gasteiger partial charge on any atom is 0.334 e. The van der Waals surface area contributed by atoms with E-state index in [0.717, 1.165) is 13.2 Å². The average Bonchev–Trinajstić information content (AvgIpc) is 2.58. The van der Waals surface area contributed by atoms with Crippen molar-refractivity contribution in [3.63, 3.8) is 0 Å². The van der Waals surface area contributed by atoms with Crippen LogP contribution in [0.15, 0.2) is 9.98 Å². The van der Waals surface area contributed by atoms with E-state index in [1.165, 1.54) is 20.1 Å². The minimum absolute atomic E-state index is 0.597. The molecule has 0 saturated carbocycles. The van der Waals surface area contributed by atoms with Crippen LogP contribution in [0, 0.1) is 0 Å². The molecule has 106 valence electrons. The van der Waals surface area contributed by atoms with Gasteiger partial charge >= 0.3 is 5.91 Å². The van der Waals surface area contributed by atoms with Crippen LogP contribution < -0.4 is 0 Å². The van der Waals surface area contributed by atoms with Crippen molar-refractivity contribution < 1.29 is 34.0 Å². The maximum atomic E-state index is 10.6. The zero-order valence-electron chi connectivity index (χ0n) is 10.6. The molecule has 19 heavy (non-hydrogen) atoms. The molecule has 0 spiro atoms. The predicted molar refractivity (Wildman–Crippen MR) is 58.3 cm³/mol. The minimum Gasteiger partial charge on any atom is -0.394 e. The average molecular weight is 274 g/mol. The number of aliphatic imine (C=N–C) groups is 2. The highest BCUT2D eigenvalue weighted by atomic mass is 16.7. The molecule has 0 bridgehead atoms. The minimum atomic E-state index is -2.67. The van der Waals surface area contributed by atoms with Gasteiger partial charge in [-0.15, -0.1) is 4.99 Å². The summed E-state index contributed by atoms with van der Waals surface area (Å²) in [5, 5.41) is 19.5. The Kier molecular flexibility index (Phi) is 4.34. The second-order valence-corrected chi connectivity index (χ2v) is 3.96. The van der Waals surface area contributed by atoms with Crippen LogP contribution in [0.1, 0.15) is 6.92 Å². The molecule has 1 saturated heterocycles. The number of aliphatic hydroxyl groups is 2. The third-order valence-electron chi connectivity index (χ3n) is 3.32. The van der Waals surface area contributed by atoms with Gasteiger partial charge in [0.1, 0.15) is 6.10 Å². The van der Waals surface area contributed by atoms with Gasteiger partial charge in [-0.05, 0) is 6.92 Å². The first kappa shape index (κ1) is 15.6. The molecule has 2 unspecified atom stereocenters. The molecule has 1 aliphatic rings. The van der Waals surface area contributed by atoms with E-state index in [4.69, 9.17) is 14.2 Å². The SMILES string of the molecule is COC1(N=C=O)C(O)(N=C=O)O[C@H](CO)[C@]1(C)OC. The quantitative estimate of drug-likeness (QED) is 0.458. The number of methoxy groups -OCH3 is 2. The van der Waals surface area contributed by atoms with E-state index in [-0.39, 0.29) is 0 Å². The molecule has 0 aromatic carbocycles. The van der Waals surface area contributed by atoms with Gasteiger partial charge in [-0.2, -0.15) is 4.99 Å². The number of carbonyl (C=O) groups excluding carboxylic acids is 2. The molecule has 2 N–H and O–H groups in total. The fraction of sp³-hybridized carbons (Fsp3) is 0.800. The Labute approximate surface area is 108 Å². The molecule has 9 heteroatoms. The van der Waals surface area contributed by atoms with E-state index in [0.29, 0.717) is 0 Å². The molecule has 0 amide bonds. The predicted octanol–water partition coefficient (Wildman–Crippen LogP) is -1.56. The molecular weight excluding hydrogens is 260 g/mol. The fourth-order valence-corrected chi connectivity index (χ4v) is 2.21. The zero-order valence-corrected chi connectivity index (χ0v) is 10.6. The summed E-state index contributed by atoms with van der Waals surface area (Å²) in [5.41, 5.74) is -3.80. The topological polar surface area (TPSA) is 127 Å². The van der Waals surface area contributed by atoms with E-state index in [1.807, 2.05) is 0 Å². The largest absolute Gasteiger partial charge is 0.394 e. The Morgan fingerprint density at radius 1 is 1.26 bits per heavy atom. The molecule has 0 radical (unpaired) electrons. The molecule has 0 aromatic rings. The van der Waals surface area contributed by atoms with Crippen LogP contribution in [0.4, 0.5) is 0 Å². The van der Waals surface area contributed by atoms with Crippen LogP contribution in [-0.4, -0.2) is 66.5 Å². The number of ether oxygens (including phenoxy) is 3. The molecule has 1 heterocycles. The summed E-state index contributed by atoms with van der Waals surface area (Å²) in [6.45, 7) is 0.775. The first-order chi connectivity index (χ1) is 8.91. The zero-order chi connectivity index (χ0) is 14.7. The van der Waals surface area contributed by atoms with Gasteiger partial charge < -0.3 is 24.4 Å². The van der Waals surface area contributed by atoms with Crippen LogP contribution in [0.2, 0.25) is 0 Å². The Balaban J connectivity index is 3.61. The van der Waals surface area contributed by atoms with Crippen LogP contribution in [0.5, 0.6) is 0 Å². The van der Waals surface area contributed by atoms with Crippen LogP contribution in [-0.2, 0) is 23.8 Å². The van der Waals surface area contributed by atoms with Gasteiger partial charge in [0.25, 0.3) is 5.72 Å². The molecule has 9 nitrogen and oxygen atoms in total. The summed E-state index contributed by atoms with van der Waals surface area (Å²) in [6, 6.07) is 0. The van der Waals surface area contributed by atoms with Crippen molar-refractivity contribution in [1.29, 1.82) is 0 Å². The molecule has 1 fully saturated rings. The summed E-state index contributed by atoms with van der Waals surface area (Å²) < 4.78 is 15.3. The van der Waals surface area contributed by atoms with Crippen molar-refractivity contribution in [3.05, 3.63) is 0 Å². The van der Waals surface area contributed by atoms with Gasteiger partial charge in [0.2, 0.25) is 12.2 Å². The fourth-order valence-electron chi connectivity index (χ4n) is 2.21. The highest BCUT2D eigenvalue weighted by Gasteiger charge is 2.75. The van der Waals surface area contributed by atoms with Crippen molar-refractivity contribution in [3.8, 4) is 0 Å². The number of aliphatic hydroxyl groups excluding tert-OH is 1. The van der Waals surface area contributed by atoms with E-state index in [1.54, 1.807) is 0 Å². The number of nitrogens with zero attached hydrogens (tertiary/aromatic N) is 2. The Morgan fingerprint density at radius 3 is 2.21 bits per heavy atom. The summed E-state index contributed by atoms with van der Waals surface area (Å²) in [5.74, 6) is -2.67. The Bertz CT molecular complexity index is 445. The second-order valence-electron chi connectivity index (χ2n) is 3.96. The standard InChI is InChI=1S/C10H14N2O7/c1-8(17-2)7(4-13)19-10(16,12-6-15)9(8,18-3)11-5-14/h7,13,16H,4H2,1-3H3/t7-,8+,9?,10?/m1/s1. The van der Waals surface area contributed by atoms with Crippen molar-refractivity contribution >= 4 is 12.2 Å². The van der Waals surface area contributed by atoms with E-state index < -0.39 is 29.9 Å². The van der Waals surface area contributed by atoms with E-state index in [9.17, 15) is 19.8 Å². The van der Waals surface area contributed by atoms with Gasteiger partial charge in [-0.3, -0.25) is 0 Å². The molecule has 4 atom stereocenters. The molecule has 0 aliphatic carbocycles. The molecule has 0 aromatic heterocycles. The second kappa shape index (κ2) is 5.28. The van der Waals surface area contributed by atoms with E-state index in [2.05, 4.69) is 9.98 Å². The van der Waals surface area contributed by atoms with Crippen molar-refractivity contribution in [2.45, 2.75) is 30.3 Å². The number of rotatable bonds is 5. The molecular formula is C10H14N2O7. The lowest BCUT2D eigenvalue weighted by Crippen LogP contribution is -2.63. The van der Waals surface area contributed by atoms with Crippen molar-refractivity contribution in [2.24, 2.45) is 9.98 Å². The third-order valence-corrected chi connectivity index (χ3v) is 3.32. The third kappa shape index (κ3) is 1.85. The van der Waals surface area contributed by atoms with Gasteiger partial charge in [0.15, 0.2) is 5.60 Å². The van der Waals surface area contributed by atoms with Gasteiger partial charge in [0, 0.05) is 14.2 Å². The number of hydrogen-bond donors (Lipinski definition) is 2. The number of hydrogen-bond acceptors (Lipinski definition) is 9. The van der Waals surface area contributed by atoms with Gasteiger partial charge in [-0.25, -0.2) is 9.59 Å². The van der Waals surface area contributed by atoms with Crippen molar-refractivity contribution in [2.75, 3.05) is 20.8 Å². The first-order valence-electron chi connectivity index (χ1n) is 5.20. The molecule has 1 rings (SSSR count). The lowest BCUT2D eigenvalue weighted by Gasteiger charge is -2.39. The highest BCUT2D eigenvalue weighted by molar-refractivity contribution is 5.40. The normalized spacial score (nSPS) is 41.4. The van der Waals surface area contributed by atoms with Crippen molar-refractivity contribution in [1.82, 2.24) is 0 Å². The highest BCUT2D eigenvalue weighted by Crippen LogP contribution is 2.50. The van der Waals surface area contributed by atoms with Gasteiger partial charge in [-0.1, -0.05) is 0 Å². The Hall–Kier alpha value is -1.44. The maximum absolute atomic E-state index is 10.6. The summed E-state index contributed by atoms with van der Waals surface area (Å²) in [6.07, 6.45) is 1.15. The van der Waals surface area contributed by atoms with E-state index >= 15 is 0 Å².